The number of carbonyl (C=O) groups is 3. The van der Waals surface area contributed by atoms with Crippen LogP contribution >= 0.6 is 0 Å². The molecule has 0 unspecified atom stereocenters. The smallest absolute Gasteiger partial charge is 0.261 e. The van der Waals surface area contributed by atoms with Crippen LogP contribution in [0.3, 0.4) is 0 Å². The number of fused-ring (bicyclic) bond motifs is 1. The fourth-order valence-electron chi connectivity index (χ4n) is 3.59. The van der Waals surface area contributed by atoms with E-state index in [0.717, 1.165) is 10.5 Å². The van der Waals surface area contributed by atoms with Crippen LogP contribution in [0, 0.1) is 12.7 Å². The second-order valence-electron chi connectivity index (χ2n) is 7.06. The Morgan fingerprint density at radius 1 is 0.900 bits per heavy atom. The van der Waals surface area contributed by atoms with E-state index in [2.05, 4.69) is 0 Å². The summed E-state index contributed by atoms with van der Waals surface area (Å²) >= 11 is 0. The molecular formula is C24H19FN2O3. The van der Waals surface area contributed by atoms with Crippen molar-refractivity contribution in [1.29, 1.82) is 0 Å². The Kier molecular flexibility index (Phi) is 5.14. The van der Waals surface area contributed by atoms with Gasteiger partial charge in [-0.25, -0.2) is 4.39 Å². The summed E-state index contributed by atoms with van der Waals surface area (Å²) in [5.74, 6) is -1.58. The van der Waals surface area contributed by atoms with Gasteiger partial charge in [-0.05, 0) is 48.9 Å². The molecule has 0 fully saturated rings. The van der Waals surface area contributed by atoms with Gasteiger partial charge in [0.25, 0.3) is 17.7 Å². The molecule has 0 aromatic heterocycles. The summed E-state index contributed by atoms with van der Waals surface area (Å²) in [6.07, 6.45) is 0. The maximum absolute atomic E-state index is 13.9. The van der Waals surface area contributed by atoms with E-state index in [9.17, 15) is 18.8 Å². The maximum atomic E-state index is 13.9. The first-order valence-corrected chi connectivity index (χ1v) is 9.55. The molecule has 4 rings (SSSR count). The van der Waals surface area contributed by atoms with Crippen molar-refractivity contribution >= 4 is 23.4 Å². The van der Waals surface area contributed by atoms with Crippen molar-refractivity contribution in [2.45, 2.75) is 6.92 Å². The monoisotopic (exact) mass is 402 g/mol. The first-order chi connectivity index (χ1) is 14.5. The van der Waals surface area contributed by atoms with Gasteiger partial charge in [-0.3, -0.25) is 19.3 Å². The first-order valence-electron chi connectivity index (χ1n) is 9.55. The summed E-state index contributed by atoms with van der Waals surface area (Å²) in [5.41, 5.74) is 2.32. The SMILES string of the molecule is Cc1ccccc1C(=O)N(CCN1C(=O)c2ccccc2C1=O)c1cccc(F)c1. The van der Waals surface area contributed by atoms with Gasteiger partial charge in [0.15, 0.2) is 0 Å². The van der Waals surface area contributed by atoms with Gasteiger partial charge in [-0.1, -0.05) is 36.4 Å². The molecule has 0 spiro atoms. The van der Waals surface area contributed by atoms with Crippen molar-refractivity contribution in [3.05, 3.63) is 101 Å². The standard InChI is InChI=1S/C24H19FN2O3/c1-16-7-2-3-10-19(16)22(28)26(18-9-6-8-17(25)15-18)13-14-27-23(29)20-11-4-5-12-21(20)24(27)30/h2-12,15H,13-14H2,1H3. The van der Waals surface area contributed by atoms with Gasteiger partial charge < -0.3 is 4.90 Å². The van der Waals surface area contributed by atoms with Crippen LogP contribution in [0.2, 0.25) is 0 Å². The van der Waals surface area contributed by atoms with E-state index in [-0.39, 0.29) is 19.0 Å². The number of hydrogen-bond donors (Lipinski definition) is 0. The van der Waals surface area contributed by atoms with Crippen molar-refractivity contribution in [2.75, 3.05) is 18.0 Å². The van der Waals surface area contributed by atoms with Gasteiger partial charge in [0, 0.05) is 24.3 Å². The Balaban J connectivity index is 1.63. The Labute approximate surface area is 173 Å². The van der Waals surface area contributed by atoms with Gasteiger partial charge in [-0.2, -0.15) is 0 Å². The van der Waals surface area contributed by atoms with Crippen LogP contribution in [0.5, 0.6) is 0 Å². The molecule has 1 aliphatic heterocycles. The first kappa shape index (κ1) is 19.5. The number of halogens is 1. The van der Waals surface area contributed by atoms with Crippen molar-refractivity contribution in [1.82, 2.24) is 4.90 Å². The molecule has 30 heavy (non-hydrogen) atoms. The van der Waals surface area contributed by atoms with Crippen LogP contribution in [0.4, 0.5) is 10.1 Å². The Morgan fingerprint density at radius 3 is 2.17 bits per heavy atom. The molecule has 1 aliphatic rings. The lowest BCUT2D eigenvalue weighted by molar-refractivity contribution is 0.0654. The normalized spacial score (nSPS) is 12.8. The zero-order chi connectivity index (χ0) is 21.3. The summed E-state index contributed by atoms with van der Waals surface area (Å²) < 4.78 is 13.9. The molecule has 3 aromatic rings. The fourth-order valence-corrected chi connectivity index (χ4v) is 3.59. The summed E-state index contributed by atoms with van der Waals surface area (Å²) in [4.78, 5) is 41.1. The topological polar surface area (TPSA) is 57.7 Å². The average molecular weight is 402 g/mol. The highest BCUT2D eigenvalue weighted by Crippen LogP contribution is 2.24. The minimum absolute atomic E-state index is 0.000477. The Hall–Kier alpha value is -3.80. The third kappa shape index (κ3) is 3.48. The molecule has 5 nitrogen and oxygen atoms in total. The number of rotatable bonds is 5. The minimum atomic E-state index is -0.476. The molecular weight excluding hydrogens is 383 g/mol. The number of imide groups is 1. The van der Waals surface area contributed by atoms with E-state index >= 15 is 0 Å². The van der Waals surface area contributed by atoms with Gasteiger partial charge in [-0.15, -0.1) is 0 Å². The second kappa shape index (κ2) is 7.91. The number of anilines is 1. The van der Waals surface area contributed by atoms with Crippen LogP contribution in [-0.2, 0) is 0 Å². The van der Waals surface area contributed by atoms with E-state index in [1.54, 1.807) is 42.5 Å². The Bertz CT molecular complexity index is 1120. The van der Waals surface area contributed by atoms with E-state index in [1.807, 2.05) is 19.1 Å². The number of carbonyl (C=O) groups excluding carboxylic acids is 3. The van der Waals surface area contributed by atoms with E-state index in [0.29, 0.717) is 22.4 Å². The molecule has 0 atom stereocenters. The molecule has 0 saturated carbocycles. The predicted molar refractivity (Wildman–Crippen MR) is 111 cm³/mol. The highest BCUT2D eigenvalue weighted by Gasteiger charge is 2.35. The molecule has 0 aliphatic carbocycles. The van der Waals surface area contributed by atoms with Gasteiger partial charge >= 0.3 is 0 Å². The summed E-state index contributed by atoms with van der Waals surface area (Å²) in [6, 6.07) is 19.4. The molecule has 6 heteroatoms. The lowest BCUT2D eigenvalue weighted by atomic mass is 10.1. The zero-order valence-corrected chi connectivity index (χ0v) is 16.3. The van der Waals surface area contributed by atoms with Crippen LogP contribution in [0.1, 0.15) is 36.6 Å². The van der Waals surface area contributed by atoms with Crippen molar-refractivity contribution < 1.29 is 18.8 Å². The van der Waals surface area contributed by atoms with E-state index in [4.69, 9.17) is 0 Å². The van der Waals surface area contributed by atoms with Crippen molar-refractivity contribution in [3.8, 4) is 0 Å². The van der Waals surface area contributed by atoms with E-state index < -0.39 is 17.6 Å². The maximum Gasteiger partial charge on any atom is 0.261 e. The zero-order valence-electron chi connectivity index (χ0n) is 16.3. The third-order valence-electron chi connectivity index (χ3n) is 5.17. The largest absolute Gasteiger partial charge is 0.306 e. The lowest BCUT2D eigenvalue weighted by Gasteiger charge is -2.26. The molecule has 0 saturated heterocycles. The summed E-state index contributed by atoms with van der Waals surface area (Å²) in [7, 11) is 0. The van der Waals surface area contributed by atoms with Crippen molar-refractivity contribution in [2.24, 2.45) is 0 Å². The average Bonchev–Trinajstić information content (AvgIpc) is 2.99. The minimum Gasteiger partial charge on any atom is -0.306 e. The number of benzene rings is 3. The lowest BCUT2D eigenvalue weighted by Crippen LogP contribution is -2.41. The van der Waals surface area contributed by atoms with Gasteiger partial charge in [0.2, 0.25) is 0 Å². The second-order valence-corrected chi connectivity index (χ2v) is 7.06. The summed E-state index contributed by atoms with van der Waals surface area (Å²) in [6.45, 7) is 1.86. The number of amides is 3. The summed E-state index contributed by atoms with van der Waals surface area (Å²) in [5, 5.41) is 0. The Morgan fingerprint density at radius 2 is 1.53 bits per heavy atom. The van der Waals surface area contributed by atoms with Gasteiger partial charge in [0.1, 0.15) is 5.82 Å². The predicted octanol–water partition coefficient (Wildman–Crippen LogP) is 4.08. The van der Waals surface area contributed by atoms with Crippen LogP contribution in [0.15, 0.2) is 72.8 Å². The molecule has 0 radical (unpaired) electrons. The molecule has 0 bridgehead atoms. The highest BCUT2D eigenvalue weighted by molar-refractivity contribution is 6.21. The molecule has 3 amide bonds. The third-order valence-corrected chi connectivity index (χ3v) is 5.17. The molecule has 1 heterocycles. The van der Waals surface area contributed by atoms with Gasteiger partial charge in [0.05, 0.1) is 11.1 Å². The highest BCUT2D eigenvalue weighted by atomic mass is 19.1. The van der Waals surface area contributed by atoms with E-state index in [1.165, 1.54) is 23.1 Å². The number of hydrogen-bond acceptors (Lipinski definition) is 3. The van der Waals surface area contributed by atoms with Crippen LogP contribution in [0.25, 0.3) is 0 Å². The molecule has 150 valence electrons. The van der Waals surface area contributed by atoms with Crippen LogP contribution in [-0.4, -0.2) is 35.7 Å². The number of nitrogens with zero attached hydrogens (tertiary/aromatic N) is 2. The number of aryl methyl sites for hydroxylation is 1. The quantitative estimate of drug-likeness (QED) is 0.605. The fraction of sp³-hybridized carbons (Fsp3) is 0.125. The van der Waals surface area contributed by atoms with Crippen LogP contribution < -0.4 is 4.90 Å². The molecule has 3 aromatic carbocycles. The van der Waals surface area contributed by atoms with Crippen molar-refractivity contribution in [3.63, 3.8) is 0 Å². The molecule has 0 N–H and O–H groups in total.